The molecule has 0 radical (unpaired) electrons. The van der Waals surface area contributed by atoms with Gasteiger partial charge in [-0.3, -0.25) is 14.7 Å². The molecule has 0 saturated heterocycles. The number of nitrogens with zero attached hydrogens (tertiary/aromatic N) is 5. The van der Waals surface area contributed by atoms with Crippen LogP contribution < -0.4 is 5.32 Å². The second-order valence-electron chi connectivity index (χ2n) is 7.56. The Kier molecular flexibility index (Phi) is 6.33. The lowest BCUT2D eigenvalue weighted by molar-refractivity contribution is 0.102. The number of carbonyl (C=O) groups is 1. The quantitative estimate of drug-likeness (QED) is 0.292. The molecule has 34 heavy (non-hydrogen) atoms. The van der Waals surface area contributed by atoms with Crippen molar-refractivity contribution in [3.05, 3.63) is 95.3 Å². The molecule has 0 aliphatic heterocycles. The highest BCUT2D eigenvalue weighted by molar-refractivity contribution is 7.98. The van der Waals surface area contributed by atoms with Crippen LogP contribution in [0.4, 0.5) is 5.95 Å². The Bertz CT molecular complexity index is 1460. The van der Waals surface area contributed by atoms with Gasteiger partial charge in [-0.25, -0.2) is 4.98 Å². The molecule has 1 N–H and O–H groups in total. The van der Waals surface area contributed by atoms with Crippen molar-refractivity contribution >= 4 is 40.9 Å². The summed E-state index contributed by atoms with van der Waals surface area (Å²) in [5, 5.41) is 12.8. The third-order valence-electron chi connectivity index (χ3n) is 5.36. The number of hydrogen-bond donors (Lipinski definition) is 1. The summed E-state index contributed by atoms with van der Waals surface area (Å²) in [7, 11) is 0. The summed E-state index contributed by atoms with van der Waals surface area (Å²) in [6.45, 7) is 2.60. The molecule has 0 spiro atoms. The second-order valence-corrected chi connectivity index (χ2v) is 8.91. The molecule has 0 bridgehead atoms. The highest BCUT2D eigenvalue weighted by Gasteiger charge is 2.16. The highest BCUT2D eigenvalue weighted by Crippen LogP contribution is 2.27. The first-order chi connectivity index (χ1) is 16.6. The molecule has 3 aromatic heterocycles. The maximum atomic E-state index is 13.0. The largest absolute Gasteiger partial charge is 0.306 e. The van der Waals surface area contributed by atoms with Crippen molar-refractivity contribution in [1.29, 1.82) is 0 Å². The number of anilines is 1. The minimum absolute atomic E-state index is 0.267. The number of thioether (sulfide) groups is 1. The standard InChI is InChI=1S/C25H21ClN6OS/c1-2-32-24(29-30-25(32)34-16-19-10-6-7-11-20(19)26)28-23(33)18-12-13-31-15-21(27-22(31)14-18)17-8-4-3-5-9-17/h3-15H,2,16H2,1H3,(H,28,29,33). The van der Waals surface area contributed by atoms with Gasteiger partial charge in [0.2, 0.25) is 5.95 Å². The van der Waals surface area contributed by atoms with E-state index < -0.39 is 0 Å². The molecule has 0 aliphatic rings. The van der Waals surface area contributed by atoms with Gasteiger partial charge in [0.1, 0.15) is 5.65 Å². The monoisotopic (exact) mass is 488 g/mol. The first-order valence-corrected chi connectivity index (χ1v) is 12.1. The van der Waals surface area contributed by atoms with Gasteiger partial charge in [0, 0.05) is 40.8 Å². The number of nitrogens with one attached hydrogen (secondary N) is 1. The Balaban J connectivity index is 1.33. The van der Waals surface area contributed by atoms with E-state index in [-0.39, 0.29) is 5.91 Å². The van der Waals surface area contributed by atoms with E-state index in [0.29, 0.717) is 34.6 Å². The first kappa shape index (κ1) is 22.2. The van der Waals surface area contributed by atoms with Gasteiger partial charge in [0.15, 0.2) is 5.16 Å². The van der Waals surface area contributed by atoms with Crippen molar-refractivity contribution in [2.24, 2.45) is 0 Å². The summed E-state index contributed by atoms with van der Waals surface area (Å²) in [5.74, 6) is 0.797. The Morgan fingerprint density at radius 3 is 2.65 bits per heavy atom. The molecule has 2 aromatic carbocycles. The van der Waals surface area contributed by atoms with E-state index in [2.05, 4.69) is 20.5 Å². The third-order valence-corrected chi connectivity index (χ3v) is 6.75. The minimum atomic E-state index is -0.267. The molecule has 0 unspecified atom stereocenters. The zero-order valence-corrected chi connectivity index (χ0v) is 19.9. The molecular weight excluding hydrogens is 468 g/mol. The summed E-state index contributed by atoms with van der Waals surface area (Å²) in [4.78, 5) is 17.6. The van der Waals surface area contributed by atoms with E-state index in [1.54, 1.807) is 12.1 Å². The summed E-state index contributed by atoms with van der Waals surface area (Å²) in [6.07, 6.45) is 3.78. The molecule has 1 amide bonds. The molecule has 9 heteroatoms. The minimum Gasteiger partial charge on any atom is -0.306 e. The summed E-state index contributed by atoms with van der Waals surface area (Å²) in [6, 6.07) is 21.2. The number of carbonyl (C=O) groups excluding carboxylic acids is 1. The smallest absolute Gasteiger partial charge is 0.258 e. The average Bonchev–Trinajstić information content (AvgIpc) is 3.47. The normalized spacial score (nSPS) is 11.1. The van der Waals surface area contributed by atoms with E-state index >= 15 is 0 Å². The molecule has 0 aliphatic carbocycles. The highest BCUT2D eigenvalue weighted by atomic mass is 35.5. The number of aromatic nitrogens is 5. The molecule has 0 atom stereocenters. The predicted octanol–water partition coefficient (Wildman–Crippen LogP) is 5.81. The van der Waals surface area contributed by atoms with E-state index in [1.807, 2.05) is 82.9 Å². The SMILES string of the molecule is CCn1c(NC(=O)c2ccn3cc(-c4ccccc4)nc3c2)nnc1SCc1ccccc1Cl. The maximum Gasteiger partial charge on any atom is 0.258 e. The average molecular weight is 489 g/mol. The van der Waals surface area contributed by atoms with Gasteiger partial charge in [-0.1, -0.05) is 71.9 Å². The van der Waals surface area contributed by atoms with Gasteiger partial charge < -0.3 is 4.40 Å². The van der Waals surface area contributed by atoms with Crippen molar-refractivity contribution in [1.82, 2.24) is 24.1 Å². The number of rotatable bonds is 7. The number of halogens is 1. The third kappa shape index (κ3) is 4.55. The number of fused-ring (bicyclic) bond motifs is 1. The lowest BCUT2D eigenvalue weighted by Crippen LogP contribution is -2.16. The van der Waals surface area contributed by atoms with Gasteiger partial charge in [-0.15, -0.1) is 10.2 Å². The number of pyridine rings is 1. The number of hydrogen-bond acceptors (Lipinski definition) is 5. The van der Waals surface area contributed by atoms with Crippen LogP contribution in [0.15, 0.2) is 84.3 Å². The Morgan fingerprint density at radius 1 is 1.06 bits per heavy atom. The lowest BCUT2D eigenvalue weighted by Gasteiger charge is -2.09. The van der Waals surface area contributed by atoms with E-state index in [9.17, 15) is 4.79 Å². The van der Waals surface area contributed by atoms with E-state index in [4.69, 9.17) is 11.6 Å². The van der Waals surface area contributed by atoms with Gasteiger partial charge in [-0.05, 0) is 30.7 Å². The summed E-state index contributed by atoms with van der Waals surface area (Å²) < 4.78 is 3.78. The van der Waals surface area contributed by atoms with Gasteiger partial charge in [0.25, 0.3) is 5.91 Å². The van der Waals surface area contributed by atoms with Crippen molar-refractivity contribution in [3.63, 3.8) is 0 Å². The maximum absolute atomic E-state index is 13.0. The van der Waals surface area contributed by atoms with Crippen LogP contribution in [-0.4, -0.2) is 30.1 Å². The second kappa shape index (κ2) is 9.70. The Morgan fingerprint density at radius 2 is 1.85 bits per heavy atom. The van der Waals surface area contributed by atoms with Crippen LogP contribution in [-0.2, 0) is 12.3 Å². The summed E-state index contributed by atoms with van der Waals surface area (Å²) in [5.41, 5.74) is 4.08. The van der Waals surface area contributed by atoms with Gasteiger partial charge in [0.05, 0.1) is 5.69 Å². The number of amides is 1. The number of imidazole rings is 1. The van der Waals surface area contributed by atoms with Crippen molar-refractivity contribution in [2.75, 3.05) is 5.32 Å². The van der Waals surface area contributed by atoms with Crippen molar-refractivity contribution in [3.8, 4) is 11.3 Å². The molecule has 3 heterocycles. The van der Waals surface area contributed by atoms with Crippen LogP contribution in [0, 0.1) is 0 Å². The van der Waals surface area contributed by atoms with Gasteiger partial charge >= 0.3 is 0 Å². The molecule has 5 aromatic rings. The number of benzene rings is 2. The molecule has 0 saturated carbocycles. The van der Waals surface area contributed by atoms with Crippen LogP contribution >= 0.6 is 23.4 Å². The molecule has 5 rings (SSSR count). The van der Waals surface area contributed by atoms with Crippen LogP contribution in [0.25, 0.3) is 16.9 Å². The van der Waals surface area contributed by atoms with Crippen LogP contribution in [0.1, 0.15) is 22.8 Å². The zero-order valence-electron chi connectivity index (χ0n) is 18.4. The lowest BCUT2D eigenvalue weighted by atomic mass is 10.2. The first-order valence-electron chi connectivity index (χ1n) is 10.8. The van der Waals surface area contributed by atoms with Crippen molar-refractivity contribution < 1.29 is 4.79 Å². The fraction of sp³-hybridized carbons (Fsp3) is 0.120. The summed E-state index contributed by atoms with van der Waals surface area (Å²) >= 11 is 7.79. The Labute approximate surface area is 205 Å². The predicted molar refractivity (Wildman–Crippen MR) is 135 cm³/mol. The zero-order chi connectivity index (χ0) is 23.5. The molecule has 7 nitrogen and oxygen atoms in total. The topological polar surface area (TPSA) is 77.1 Å². The molecular formula is C25H21ClN6OS. The Hall–Kier alpha value is -3.62. The fourth-order valence-electron chi connectivity index (χ4n) is 3.58. The van der Waals surface area contributed by atoms with Gasteiger partial charge in [-0.2, -0.15) is 0 Å². The van der Waals surface area contributed by atoms with Crippen LogP contribution in [0.3, 0.4) is 0 Å². The van der Waals surface area contributed by atoms with Crippen molar-refractivity contribution in [2.45, 2.75) is 24.4 Å². The molecule has 0 fully saturated rings. The van der Waals surface area contributed by atoms with E-state index in [0.717, 1.165) is 21.8 Å². The fourth-order valence-corrected chi connectivity index (χ4v) is 4.86. The molecule has 170 valence electrons. The van der Waals surface area contributed by atoms with Crippen LogP contribution in [0.2, 0.25) is 5.02 Å². The van der Waals surface area contributed by atoms with E-state index in [1.165, 1.54) is 11.8 Å². The van der Waals surface area contributed by atoms with Crippen LogP contribution in [0.5, 0.6) is 0 Å².